The van der Waals surface area contributed by atoms with Gasteiger partial charge in [0.05, 0.1) is 5.01 Å². The number of fused-ring (bicyclic) bond motifs is 1. The van der Waals surface area contributed by atoms with Gasteiger partial charge in [-0.25, -0.2) is 4.98 Å². The Hall–Kier alpha value is -0.700. The zero-order valence-corrected chi connectivity index (χ0v) is 8.14. The molecule has 2 fully saturated rings. The first-order valence-electron chi connectivity index (χ1n) is 4.73. The van der Waals surface area contributed by atoms with Crippen LogP contribution in [-0.4, -0.2) is 10.8 Å². The van der Waals surface area contributed by atoms with Gasteiger partial charge in [0.25, 0.3) is 0 Å². The first-order valence-corrected chi connectivity index (χ1v) is 5.61. The van der Waals surface area contributed by atoms with Crippen molar-refractivity contribution in [2.75, 3.05) is 0 Å². The average molecular weight is 193 g/mol. The molecule has 3 heteroatoms. The summed E-state index contributed by atoms with van der Waals surface area (Å²) in [5.74, 6) is 1.08. The summed E-state index contributed by atoms with van der Waals surface area (Å²) in [5.41, 5.74) is 0.335. The Morgan fingerprint density at radius 1 is 1.62 bits per heavy atom. The second-order valence-corrected chi connectivity index (χ2v) is 5.03. The molecule has 0 saturated heterocycles. The zero-order valence-electron chi connectivity index (χ0n) is 7.32. The molecule has 3 rings (SSSR count). The van der Waals surface area contributed by atoms with Crippen molar-refractivity contribution < 1.29 is 4.79 Å². The summed E-state index contributed by atoms with van der Waals surface area (Å²) in [7, 11) is 0. The van der Waals surface area contributed by atoms with Crippen molar-refractivity contribution in [3.05, 3.63) is 16.6 Å². The molecule has 2 unspecified atom stereocenters. The minimum atomic E-state index is 0.335. The van der Waals surface area contributed by atoms with Crippen molar-refractivity contribution in [1.82, 2.24) is 4.98 Å². The topological polar surface area (TPSA) is 30.0 Å². The molecule has 0 spiro atoms. The standard InChI is InChI=1S/C10H11NOS/c12-8-1-2-10(6-7(10)5-8)9-11-3-4-13-9/h3-4,7H,1-2,5-6H2. The Balaban J connectivity index is 1.91. The van der Waals surface area contributed by atoms with Crippen molar-refractivity contribution in [1.29, 1.82) is 0 Å². The molecule has 0 aliphatic heterocycles. The van der Waals surface area contributed by atoms with Crippen LogP contribution in [0.15, 0.2) is 11.6 Å². The van der Waals surface area contributed by atoms with E-state index in [-0.39, 0.29) is 0 Å². The lowest BCUT2D eigenvalue weighted by Crippen LogP contribution is -2.19. The minimum absolute atomic E-state index is 0.335. The lowest BCUT2D eigenvalue weighted by atomic mass is 9.88. The van der Waals surface area contributed by atoms with Crippen LogP contribution < -0.4 is 0 Å². The van der Waals surface area contributed by atoms with Gasteiger partial charge >= 0.3 is 0 Å². The average Bonchev–Trinajstić information content (AvgIpc) is 2.63. The van der Waals surface area contributed by atoms with Crippen molar-refractivity contribution in [3.8, 4) is 0 Å². The molecule has 1 aromatic rings. The zero-order chi connectivity index (χ0) is 8.89. The Labute approximate surface area is 81.0 Å². The SMILES string of the molecule is O=C1CCC2(c3nccs3)CC2C1. The molecular weight excluding hydrogens is 182 g/mol. The van der Waals surface area contributed by atoms with Gasteiger partial charge in [-0.1, -0.05) is 0 Å². The van der Waals surface area contributed by atoms with Crippen LogP contribution in [0.2, 0.25) is 0 Å². The minimum Gasteiger partial charge on any atom is -0.300 e. The first kappa shape index (κ1) is 7.68. The summed E-state index contributed by atoms with van der Waals surface area (Å²) in [4.78, 5) is 15.6. The molecule has 1 heterocycles. The van der Waals surface area contributed by atoms with Gasteiger partial charge in [0, 0.05) is 29.8 Å². The van der Waals surface area contributed by atoms with Crippen LogP contribution in [0.25, 0.3) is 0 Å². The third kappa shape index (κ3) is 0.998. The Morgan fingerprint density at radius 3 is 3.23 bits per heavy atom. The van der Waals surface area contributed by atoms with Crippen molar-refractivity contribution in [2.24, 2.45) is 5.92 Å². The van der Waals surface area contributed by atoms with Gasteiger partial charge in [-0.05, 0) is 18.8 Å². The second-order valence-electron chi connectivity index (χ2n) is 4.14. The Bertz CT molecular complexity index is 346. The summed E-state index contributed by atoms with van der Waals surface area (Å²) in [6, 6.07) is 0. The van der Waals surface area contributed by atoms with E-state index in [1.807, 2.05) is 11.6 Å². The third-order valence-corrected chi connectivity index (χ3v) is 4.41. The van der Waals surface area contributed by atoms with Crippen LogP contribution in [0.3, 0.4) is 0 Å². The van der Waals surface area contributed by atoms with Gasteiger partial charge < -0.3 is 0 Å². The molecule has 13 heavy (non-hydrogen) atoms. The Morgan fingerprint density at radius 2 is 2.54 bits per heavy atom. The molecule has 2 saturated carbocycles. The van der Waals surface area contributed by atoms with Crippen molar-refractivity contribution >= 4 is 17.1 Å². The third-order valence-electron chi connectivity index (χ3n) is 3.41. The van der Waals surface area contributed by atoms with Gasteiger partial charge in [-0.15, -0.1) is 11.3 Å². The fraction of sp³-hybridized carbons (Fsp3) is 0.600. The van der Waals surface area contributed by atoms with Gasteiger partial charge in [0.1, 0.15) is 5.78 Å². The van der Waals surface area contributed by atoms with Crippen LogP contribution >= 0.6 is 11.3 Å². The molecule has 2 atom stereocenters. The summed E-state index contributed by atoms with van der Waals surface area (Å²) in [6.45, 7) is 0. The van der Waals surface area contributed by atoms with E-state index in [0.717, 1.165) is 19.3 Å². The van der Waals surface area contributed by atoms with Gasteiger partial charge in [0.15, 0.2) is 0 Å². The number of thiazole rings is 1. The molecule has 0 aromatic carbocycles. The maximum absolute atomic E-state index is 11.2. The largest absolute Gasteiger partial charge is 0.300 e. The highest BCUT2D eigenvalue weighted by molar-refractivity contribution is 7.09. The van der Waals surface area contributed by atoms with Crippen LogP contribution in [0.5, 0.6) is 0 Å². The van der Waals surface area contributed by atoms with E-state index in [2.05, 4.69) is 4.98 Å². The molecule has 68 valence electrons. The number of carbonyl (C=O) groups excluding carboxylic acids is 1. The summed E-state index contributed by atoms with van der Waals surface area (Å²) in [6.07, 6.45) is 5.70. The lowest BCUT2D eigenvalue weighted by molar-refractivity contribution is -0.120. The van der Waals surface area contributed by atoms with Crippen LogP contribution in [0.1, 0.15) is 30.7 Å². The summed E-state index contributed by atoms with van der Waals surface area (Å²) in [5, 5.41) is 3.31. The molecule has 2 aliphatic rings. The predicted octanol–water partition coefficient (Wildman–Crippen LogP) is 2.15. The molecule has 0 N–H and O–H groups in total. The van der Waals surface area contributed by atoms with Gasteiger partial charge in [-0.2, -0.15) is 0 Å². The molecule has 2 nitrogen and oxygen atoms in total. The number of ketones is 1. The highest BCUT2D eigenvalue weighted by Gasteiger charge is 2.59. The number of aromatic nitrogens is 1. The monoisotopic (exact) mass is 193 g/mol. The predicted molar refractivity (Wildman–Crippen MR) is 50.8 cm³/mol. The highest BCUT2D eigenvalue weighted by Crippen LogP contribution is 2.61. The van der Waals surface area contributed by atoms with E-state index in [1.165, 1.54) is 11.4 Å². The van der Waals surface area contributed by atoms with Crippen LogP contribution in [-0.2, 0) is 10.2 Å². The molecule has 0 radical (unpaired) electrons. The second kappa shape index (κ2) is 2.41. The normalized spacial score (nSPS) is 37.2. The summed E-state index contributed by atoms with van der Waals surface area (Å²) >= 11 is 1.75. The fourth-order valence-corrected chi connectivity index (χ4v) is 3.49. The van der Waals surface area contributed by atoms with Crippen LogP contribution in [0, 0.1) is 5.92 Å². The molecule has 0 amide bonds. The number of hydrogen-bond donors (Lipinski definition) is 0. The van der Waals surface area contributed by atoms with Gasteiger partial charge in [-0.3, -0.25) is 4.79 Å². The van der Waals surface area contributed by atoms with E-state index in [1.54, 1.807) is 11.3 Å². The van der Waals surface area contributed by atoms with Crippen LogP contribution in [0.4, 0.5) is 0 Å². The fourth-order valence-electron chi connectivity index (χ4n) is 2.53. The van der Waals surface area contributed by atoms with E-state index in [0.29, 0.717) is 17.1 Å². The number of hydrogen-bond acceptors (Lipinski definition) is 3. The first-order chi connectivity index (χ1) is 6.31. The van der Waals surface area contributed by atoms with E-state index in [4.69, 9.17) is 0 Å². The number of carbonyl (C=O) groups is 1. The van der Waals surface area contributed by atoms with E-state index < -0.39 is 0 Å². The van der Waals surface area contributed by atoms with Crippen molar-refractivity contribution in [2.45, 2.75) is 31.1 Å². The molecule has 0 bridgehead atoms. The smallest absolute Gasteiger partial charge is 0.133 e. The molecule has 1 aromatic heterocycles. The van der Waals surface area contributed by atoms with Gasteiger partial charge in [0.2, 0.25) is 0 Å². The Kier molecular flexibility index (Phi) is 1.42. The maximum atomic E-state index is 11.2. The van der Waals surface area contributed by atoms with Crippen molar-refractivity contribution in [3.63, 3.8) is 0 Å². The number of nitrogens with zero attached hydrogens (tertiary/aromatic N) is 1. The quantitative estimate of drug-likeness (QED) is 0.684. The summed E-state index contributed by atoms with van der Waals surface area (Å²) < 4.78 is 0. The number of Topliss-reactive ketones (excluding diaryl/α,β-unsaturated/α-hetero) is 1. The van der Waals surface area contributed by atoms with E-state index in [9.17, 15) is 4.79 Å². The highest BCUT2D eigenvalue weighted by atomic mass is 32.1. The lowest BCUT2D eigenvalue weighted by Gasteiger charge is -2.18. The molecular formula is C10H11NOS. The maximum Gasteiger partial charge on any atom is 0.133 e. The van der Waals surface area contributed by atoms with E-state index >= 15 is 0 Å². The number of rotatable bonds is 1. The molecule has 2 aliphatic carbocycles.